The van der Waals surface area contributed by atoms with Gasteiger partial charge in [0.15, 0.2) is 0 Å². The third kappa shape index (κ3) is 4.70. The Hall–Kier alpha value is -1.81. The molecule has 0 fully saturated rings. The summed E-state index contributed by atoms with van der Waals surface area (Å²) in [5.74, 6) is 0.740. The highest BCUT2D eigenvalue weighted by molar-refractivity contribution is 5.78. The number of carbonyl (C=O) groups excluding carboxylic acids is 1. The van der Waals surface area contributed by atoms with Crippen LogP contribution in [0, 0.1) is 0 Å². The minimum atomic E-state index is -0.0437. The third-order valence-electron chi connectivity index (χ3n) is 2.24. The van der Waals surface area contributed by atoms with E-state index in [-0.39, 0.29) is 5.91 Å². The van der Waals surface area contributed by atoms with Gasteiger partial charge in [-0.2, -0.15) is 0 Å². The number of amides is 1. The van der Waals surface area contributed by atoms with Crippen LogP contribution in [0.1, 0.15) is 5.56 Å². The molecule has 0 heterocycles. The number of para-hydroxylation sites is 1. The number of methoxy groups -OCH3 is 1. The SMILES string of the molecule is C=CCNCC(=O)NCc1ccccc1OC. The Kier molecular flexibility index (Phi) is 5.82. The summed E-state index contributed by atoms with van der Waals surface area (Å²) in [7, 11) is 1.62. The van der Waals surface area contributed by atoms with Gasteiger partial charge in [0.05, 0.1) is 13.7 Å². The van der Waals surface area contributed by atoms with Crippen molar-refractivity contribution in [3.63, 3.8) is 0 Å². The molecule has 2 N–H and O–H groups in total. The highest BCUT2D eigenvalue weighted by atomic mass is 16.5. The van der Waals surface area contributed by atoms with E-state index in [4.69, 9.17) is 4.74 Å². The molecule has 17 heavy (non-hydrogen) atoms. The van der Waals surface area contributed by atoms with Crippen molar-refractivity contribution in [3.8, 4) is 5.75 Å². The van der Waals surface area contributed by atoms with Crippen molar-refractivity contribution in [3.05, 3.63) is 42.5 Å². The molecule has 0 spiro atoms. The minimum absolute atomic E-state index is 0.0437. The van der Waals surface area contributed by atoms with Crippen LogP contribution < -0.4 is 15.4 Å². The molecule has 92 valence electrons. The molecule has 4 nitrogen and oxygen atoms in total. The molecule has 0 aliphatic carbocycles. The van der Waals surface area contributed by atoms with Gasteiger partial charge in [0.25, 0.3) is 0 Å². The van der Waals surface area contributed by atoms with Crippen LogP contribution >= 0.6 is 0 Å². The fourth-order valence-corrected chi connectivity index (χ4v) is 1.39. The number of hydrogen-bond donors (Lipinski definition) is 2. The van der Waals surface area contributed by atoms with Crippen LogP contribution in [0.2, 0.25) is 0 Å². The molecule has 0 radical (unpaired) electrons. The lowest BCUT2D eigenvalue weighted by Gasteiger charge is -2.09. The molecule has 0 aliphatic rings. The molecular weight excluding hydrogens is 216 g/mol. The average molecular weight is 234 g/mol. The normalized spacial score (nSPS) is 9.71. The van der Waals surface area contributed by atoms with Gasteiger partial charge >= 0.3 is 0 Å². The van der Waals surface area contributed by atoms with Crippen molar-refractivity contribution in [1.29, 1.82) is 0 Å². The van der Waals surface area contributed by atoms with E-state index in [1.54, 1.807) is 13.2 Å². The number of carbonyl (C=O) groups is 1. The second kappa shape index (κ2) is 7.46. The smallest absolute Gasteiger partial charge is 0.234 e. The van der Waals surface area contributed by atoms with Gasteiger partial charge in [-0.25, -0.2) is 0 Å². The molecule has 4 heteroatoms. The van der Waals surface area contributed by atoms with Gasteiger partial charge in [-0.1, -0.05) is 24.3 Å². The van der Waals surface area contributed by atoms with Gasteiger partial charge in [0.1, 0.15) is 5.75 Å². The molecule has 1 amide bonds. The van der Waals surface area contributed by atoms with Crippen LogP contribution in [0.4, 0.5) is 0 Å². The maximum Gasteiger partial charge on any atom is 0.234 e. The van der Waals surface area contributed by atoms with Crippen LogP contribution in [0.25, 0.3) is 0 Å². The molecule has 0 aliphatic heterocycles. The van der Waals surface area contributed by atoms with E-state index >= 15 is 0 Å². The fraction of sp³-hybridized carbons (Fsp3) is 0.308. The quantitative estimate of drug-likeness (QED) is 0.548. The van der Waals surface area contributed by atoms with Crippen LogP contribution in [-0.4, -0.2) is 26.1 Å². The molecule has 1 aromatic carbocycles. The number of rotatable bonds is 7. The first kappa shape index (κ1) is 13.3. The topological polar surface area (TPSA) is 50.4 Å². The molecule has 0 unspecified atom stereocenters. The Balaban J connectivity index is 2.39. The Morgan fingerprint density at radius 2 is 2.24 bits per heavy atom. The summed E-state index contributed by atoms with van der Waals surface area (Å²) in [5, 5.41) is 5.76. The first-order valence-corrected chi connectivity index (χ1v) is 5.48. The van der Waals surface area contributed by atoms with Crippen LogP contribution in [0.3, 0.4) is 0 Å². The maximum absolute atomic E-state index is 11.4. The van der Waals surface area contributed by atoms with Crippen LogP contribution in [-0.2, 0) is 11.3 Å². The van der Waals surface area contributed by atoms with Crippen molar-refractivity contribution in [2.45, 2.75) is 6.54 Å². The van der Waals surface area contributed by atoms with E-state index in [1.165, 1.54) is 0 Å². The summed E-state index contributed by atoms with van der Waals surface area (Å²) >= 11 is 0. The Bertz CT molecular complexity index is 377. The molecule has 1 rings (SSSR count). The summed E-state index contributed by atoms with van der Waals surface area (Å²) in [6, 6.07) is 7.61. The Morgan fingerprint density at radius 1 is 1.47 bits per heavy atom. The zero-order valence-electron chi connectivity index (χ0n) is 10.0. The fourth-order valence-electron chi connectivity index (χ4n) is 1.39. The summed E-state index contributed by atoms with van der Waals surface area (Å²) < 4.78 is 5.20. The van der Waals surface area contributed by atoms with Crippen LogP contribution in [0.15, 0.2) is 36.9 Å². The van der Waals surface area contributed by atoms with E-state index in [2.05, 4.69) is 17.2 Å². The molecule has 1 aromatic rings. The molecule has 0 saturated heterocycles. The van der Waals surface area contributed by atoms with Gasteiger partial charge in [-0.3, -0.25) is 4.79 Å². The largest absolute Gasteiger partial charge is 0.496 e. The zero-order valence-corrected chi connectivity index (χ0v) is 10.0. The second-order valence-electron chi connectivity index (χ2n) is 3.51. The first-order chi connectivity index (χ1) is 8.27. The first-order valence-electron chi connectivity index (χ1n) is 5.48. The van der Waals surface area contributed by atoms with Crippen LogP contribution in [0.5, 0.6) is 5.75 Å². The van der Waals surface area contributed by atoms with Crippen molar-refractivity contribution in [2.24, 2.45) is 0 Å². The van der Waals surface area contributed by atoms with Gasteiger partial charge in [-0.15, -0.1) is 6.58 Å². The minimum Gasteiger partial charge on any atom is -0.496 e. The van der Waals surface area contributed by atoms with Crippen molar-refractivity contribution >= 4 is 5.91 Å². The third-order valence-corrected chi connectivity index (χ3v) is 2.24. The number of hydrogen-bond acceptors (Lipinski definition) is 3. The van der Waals surface area contributed by atoms with E-state index in [0.29, 0.717) is 19.6 Å². The highest BCUT2D eigenvalue weighted by Crippen LogP contribution is 2.16. The number of nitrogens with one attached hydrogen (secondary N) is 2. The summed E-state index contributed by atoms with van der Waals surface area (Å²) in [6.45, 7) is 4.95. The maximum atomic E-state index is 11.4. The zero-order chi connectivity index (χ0) is 12.5. The van der Waals surface area contributed by atoms with Crippen molar-refractivity contribution in [1.82, 2.24) is 10.6 Å². The highest BCUT2D eigenvalue weighted by Gasteiger charge is 2.03. The second-order valence-corrected chi connectivity index (χ2v) is 3.51. The number of benzene rings is 1. The Labute approximate surface area is 102 Å². The van der Waals surface area contributed by atoms with Crippen molar-refractivity contribution < 1.29 is 9.53 Å². The lowest BCUT2D eigenvalue weighted by Crippen LogP contribution is -2.33. The standard InChI is InChI=1S/C13H18N2O2/c1-3-8-14-10-13(16)15-9-11-6-4-5-7-12(11)17-2/h3-7,14H,1,8-10H2,2H3,(H,15,16). The number of ether oxygens (including phenoxy) is 1. The molecular formula is C13H18N2O2. The van der Waals surface area contributed by atoms with Gasteiger partial charge in [0.2, 0.25) is 5.91 Å². The van der Waals surface area contributed by atoms with E-state index in [9.17, 15) is 4.79 Å². The van der Waals surface area contributed by atoms with Gasteiger partial charge in [0, 0.05) is 18.7 Å². The van der Waals surface area contributed by atoms with Gasteiger partial charge < -0.3 is 15.4 Å². The summed E-state index contributed by atoms with van der Waals surface area (Å²) in [5.41, 5.74) is 0.965. The molecule has 0 aromatic heterocycles. The average Bonchev–Trinajstić information content (AvgIpc) is 2.37. The molecule has 0 saturated carbocycles. The molecule has 0 atom stereocenters. The van der Waals surface area contributed by atoms with E-state index in [1.807, 2.05) is 24.3 Å². The predicted molar refractivity (Wildman–Crippen MR) is 67.9 cm³/mol. The van der Waals surface area contributed by atoms with Gasteiger partial charge in [-0.05, 0) is 6.07 Å². The monoisotopic (exact) mass is 234 g/mol. The Morgan fingerprint density at radius 3 is 2.94 bits per heavy atom. The van der Waals surface area contributed by atoms with Crippen molar-refractivity contribution in [2.75, 3.05) is 20.2 Å². The van der Waals surface area contributed by atoms with E-state index < -0.39 is 0 Å². The lowest BCUT2D eigenvalue weighted by molar-refractivity contribution is -0.120. The van der Waals surface area contributed by atoms with E-state index in [0.717, 1.165) is 11.3 Å². The lowest BCUT2D eigenvalue weighted by atomic mass is 10.2. The summed E-state index contributed by atoms with van der Waals surface area (Å²) in [4.78, 5) is 11.4. The predicted octanol–water partition coefficient (Wildman–Crippen LogP) is 1.09. The molecule has 0 bridgehead atoms. The summed E-state index contributed by atoms with van der Waals surface area (Å²) in [6.07, 6.45) is 1.72.